The number of hydrogen-bond donors (Lipinski definition) is 0. The summed E-state index contributed by atoms with van der Waals surface area (Å²) in [6.45, 7) is 4.43. The third-order valence-electron chi connectivity index (χ3n) is 6.21. The Morgan fingerprint density at radius 3 is 2.52 bits per heavy atom. The first kappa shape index (κ1) is 19.7. The summed E-state index contributed by atoms with van der Waals surface area (Å²) in [7, 11) is 0. The van der Waals surface area contributed by atoms with Crippen molar-refractivity contribution in [1.29, 1.82) is 0 Å². The number of nitrogens with zero attached hydrogens (tertiary/aromatic N) is 2. The van der Waals surface area contributed by atoms with Crippen molar-refractivity contribution in [2.75, 3.05) is 0 Å². The first-order valence-electron chi connectivity index (χ1n) is 11.4. The number of benzene rings is 3. The molecule has 0 saturated carbocycles. The van der Waals surface area contributed by atoms with Crippen LogP contribution in [0.25, 0.3) is 55.0 Å². The van der Waals surface area contributed by atoms with Crippen molar-refractivity contribution in [3.8, 4) is 22.4 Å². The van der Waals surface area contributed by atoms with Gasteiger partial charge in [-0.2, -0.15) is 0 Å². The molecule has 0 saturated heterocycles. The minimum atomic E-state index is 0.550. The van der Waals surface area contributed by atoms with Crippen molar-refractivity contribution in [3.63, 3.8) is 0 Å². The molecule has 3 aromatic heterocycles. The van der Waals surface area contributed by atoms with Crippen LogP contribution >= 0.6 is 0 Å². The van der Waals surface area contributed by atoms with E-state index in [0.717, 1.165) is 50.8 Å². The monoisotopic (exact) mass is 428 g/mol. The largest absolute Gasteiger partial charge is 0.462 e. The van der Waals surface area contributed by atoms with E-state index in [9.17, 15) is 0 Å². The second kappa shape index (κ2) is 7.86. The van der Waals surface area contributed by atoms with Crippen molar-refractivity contribution in [2.24, 2.45) is 5.92 Å². The molecule has 3 nitrogen and oxygen atoms in total. The molecule has 3 aromatic carbocycles. The first-order chi connectivity index (χ1) is 16.2. The minimum absolute atomic E-state index is 0.550. The standard InChI is InChI=1S/C30H24N2O/c1-19(2)16-23-11-12-26-27(17-21-14-15-33-30(21)29(26)32-23)28-13-10-22(18-31-28)25-9-5-7-20-6-3-4-8-24(20)25/h3-15,17-19H,16H2,1-2H3. The van der Waals surface area contributed by atoms with Gasteiger partial charge in [0.05, 0.1) is 12.0 Å². The SMILES string of the molecule is CC(C)Cc1ccc2c(-c3ccc(-c4cccc5ccccc45)cn3)cc3ccoc3c2n1. The van der Waals surface area contributed by atoms with E-state index < -0.39 is 0 Å². The van der Waals surface area contributed by atoms with E-state index in [-0.39, 0.29) is 0 Å². The molecule has 0 radical (unpaired) electrons. The summed E-state index contributed by atoms with van der Waals surface area (Å²) in [5, 5.41) is 4.59. The van der Waals surface area contributed by atoms with E-state index in [1.807, 2.05) is 12.3 Å². The zero-order chi connectivity index (χ0) is 22.4. The van der Waals surface area contributed by atoms with E-state index in [0.29, 0.717) is 5.92 Å². The molecule has 0 fully saturated rings. The number of hydrogen-bond acceptors (Lipinski definition) is 3. The number of aromatic nitrogens is 2. The maximum absolute atomic E-state index is 5.82. The molecule has 0 aliphatic heterocycles. The minimum Gasteiger partial charge on any atom is -0.462 e. The quantitative estimate of drug-likeness (QED) is 0.285. The molecular formula is C30H24N2O. The Bertz CT molecular complexity index is 1610. The highest BCUT2D eigenvalue weighted by atomic mass is 16.3. The molecule has 6 aromatic rings. The van der Waals surface area contributed by atoms with Crippen molar-refractivity contribution >= 4 is 32.6 Å². The lowest BCUT2D eigenvalue weighted by atomic mass is 9.97. The Morgan fingerprint density at radius 2 is 1.67 bits per heavy atom. The Hall–Kier alpha value is -3.98. The maximum Gasteiger partial charge on any atom is 0.160 e. The summed E-state index contributed by atoms with van der Waals surface area (Å²) in [5.41, 5.74) is 7.16. The number of fused-ring (bicyclic) bond motifs is 4. The normalized spacial score (nSPS) is 11.7. The summed E-state index contributed by atoms with van der Waals surface area (Å²) in [5.74, 6) is 0.550. The van der Waals surface area contributed by atoms with Gasteiger partial charge in [0.25, 0.3) is 0 Å². The van der Waals surface area contributed by atoms with Crippen LogP contribution in [0, 0.1) is 5.92 Å². The van der Waals surface area contributed by atoms with Crippen molar-refractivity contribution in [2.45, 2.75) is 20.3 Å². The van der Waals surface area contributed by atoms with Crippen molar-refractivity contribution in [1.82, 2.24) is 9.97 Å². The van der Waals surface area contributed by atoms with Gasteiger partial charge in [-0.25, -0.2) is 4.98 Å². The summed E-state index contributed by atoms with van der Waals surface area (Å²) >= 11 is 0. The van der Waals surface area contributed by atoms with Crippen LogP contribution in [0.5, 0.6) is 0 Å². The van der Waals surface area contributed by atoms with Crippen LogP contribution < -0.4 is 0 Å². The van der Waals surface area contributed by atoms with Gasteiger partial charge in [-0.3, -0.25) is 4.98 Å². The van der Waals surface area contributed by atoms with Crippen LogP contribution in [0.1, 0.15) is 19.5 Å². The maximum atomic E-state index is 5.82. The fourth-order valence-corrected chi connectivity index (χ4v) is 4.68. The predicted molar refractivity (Wildman–Crippen MR) is 136 cm³/mol. The average Bonchev–Trinajstić information content (AvgIpc) is 3.32. The van der Waals surface area contributed by atoms with Gasteiger partial charge < -0.3 is 4.42 Å². The van der Waals surface area contributed by atoms with E-state index in [1.54, 1.807) is 6.26 Å². The molecule has 0 atom stereocenters. The van der Waals surface area contributed by atoms with Gasteiger partial charge in [0.1, 0.15) is 5.52 Å². The van der Waals surface area contributed by atoms with Crippen molar-refractivity contribution in [3.05, 3.63) is 97.0 Å². The molecule has 6 rings (SSSR count). The lowest BCUT2D eigenvalue weighted by Gasteiger charge is -2.11. The summed E-state index contributed by atoms with van der Waals surface area (Å²) in [6.07, 6.45) is 4.66. The average molecular weight is 429 g/mol. The number of rotatable bonds is 4. The number of furan rings is 1. The summed E-state index contributed by atoms with van der Waals surface area (Å²) in [4.78, 5) is 9.87. The van der Waals surface area contributed by atoms with Crippen LogP contribution in [-0.4, -0.2) is 9.97 Å². The second-order valence-electron chi connectivity index (χ2n) is 9.02. The Balaban J connectivity index is 1.49. The highest BCUT2D eigenvalue weighted by molar-refractivity contribution is 6.09. The van der Waals surface area contributed by atoms with Gasteiger partial charge in [-0.1, -0.05) is 68.4 Å². The zero-order valence-corrected chi connectivity index (χ0v) is 18.7. The Kier molecular flexibility index (Phi) is 4.69. The topological polar surface area (TPSA) is 38.9 Å². The van der Waals surface area contributed by atoms with Gasteiger partial charge >= 0.3 is 0 Å². The summed E-state index contributed by atoms with van der Waals surface area (Å²) < 4.78 is 5.82. The third-order valence-corrected chi connectivity index (χ3v) is 6.21. The third kappa shape index (κ3) is 3.46. The van der Waals surface area contributed by atoms with Crippen LogP contribution in [-0.2, 0) is 6.42 Å². The van der Waals surface area contributed by atoms with Crippen LogP contribution in [0.15, 0.2) is 95.7 Å². The van der Waals surface area contributed by atoms with Gasteiger partial charge in [-0.15, -0.1) is 0 Å². The molecule has 0 unspecified atom stereocenters. The fraction of sp³-hybridized carbons (Fsp3) is 0.133. The Labute approximate surface area is 192 Å². The smallest absolute Gasteiger partial charge is 0.160 e. The van der Waals surface area contributed by atoms with E-state index >= 15 is 0 Å². The molecule has 3 heteroatoms. The molecule has 0 N–H and O–H groups in total. The molecule has 0 aliphatic carbocycles. The lowest BCUT2D eigenvalue weighted by Crippen LogP contribution is -1.98. The van der Waals surface area contributed by atoms with E-state index in [2.05, 4.69) is 86.6 Å². The van der Waals surface area contributed by atoms with Crippen LogP contribution in [0.3, 0.4) is 0 Å². The van der Waals surface area contributed by atoms with Crippen LogP contribution in [0.4, 0.5) is 0 Å². The fourth-order valence-electron chi connectivity index (χ4n) is 4.68. The van der Waals surface area contributed by atoms with Crippen LogP contribution in [0.2, 0.25) is 0 Å². The lowest BCUT2D eigenvalue weighted by molar-refractivity contribution is 0.616. The molecule has 33 heavy (non-hydrogen) atoms. The van der Waals surface area contributed by atoms with E-state index in [1.165, 1.54) is 16.3 Å². The molecule has 0 amide bonds. The van der Waals surface area contributed by atoms with Gasteiger partial charge in [0, 0.05) is 33.8 Å². The molecule has 0 bridgehead atoms. The van der Waals surface area contributed by atoms with Gasteiger partial charge in [-0.05, 0) is 52.9 Å². The molecule has 0 aliphatic rings. The first-order valence-corrected chi connectivity index (χ1v) is 11.4. The zero-order valence-electron chi connectivity index (χ0n) is 18.7. The second-order valence-corrected chi connectivity index (χ2v) is 9.02. The van der Waals surface area contributed by atoms with Crippen molar-refractivity contribution < 1.29 is 4.42 Å². The van der Waals surface area contributed by atoms with Gasteiger partial charge in [0.15, 0.2) is 5.58 Å². The van der Waals surface area contributed by atoms with Gasteiger partial charge in [0.2, 0.25) is 0 Å². The molecular weight excluding hydrogens is 404 g/mol. The van der Waals surface area contributed by atoms with E-state index in [4.69, 9.17) is 14.4 Å². The highest BCUT2D eigenvalue weighted by Crippen LogP contribution is 2.35. The number of pyridine rings is 2. The summed E-state index contributed by atoms with van der Waals surface area (Å²) in [6, 6.07) is 27.6. The molecule has 3 heterocycles. The molecule has 0 spiro atoms. The Morgan fingerprint density at radius 1 is 0.788 bits per heavy atom. The highest BCUT2D eigenvalue weighted by Gasteiger charge is 2.14. The predicted octanol–water partition coefficient (Wildman–Crippen LogP) is 8.06. The molecule has 160 valence electrons.